The van der Waals surface area contributed by atoms with Crippen LogP contribution in [0.5, 0.6) is 0 Å². The second-order valence-electron chi connectivity index (χ2n) is 3.77. The first-order chi connectivity index (χ1) is 6.58. The Morgan fingerprint density at radius 2 is 2.14 bits per heavy atom. The van der Waals surface area contributed by atoms with Gasteiger partial charge in [-0.25, -0.2) is 0 Å². The lowest BCUT2D eigenvalue weighted by Crippen LogP contribution is -2.48. The minimum atomic E-state index is -0.474. The lowest BCUT2D eigenvalue weighted by atomic mass is 10.00. The summed E-state index contributed by atoms with van der Waals surface area (Å²) >= 11 is 5.50. The third-order valence-corrected chi connectivity index (χ3v) is 2.63. The van der Waals surface area contributed by atoms with Crippen LogP contribution in [0.2, 0.25) is 0 Å². The van der Waals surface area contributed by atoms with Crippen molar-refractivity contribution in [3.05, 3.63) is 0 Å². The van der Waals surface area contributed by atoms with E-state index >= 15 is 0 Å². The first kappa shape index (κ1) is 13.7. The van der Waals surface area contributed by atoms with Gasteiger partial charge in [0.25, 0.3) is 0 Å². The molecule has 0 radical (unpaired) electrons. The van der Waals surface area contributed by atoms with Crippen molar-refractivity contribution in [1.82, 2.24) is 5.32 Å². The number of carbonyl (C=O) groups excluding carboxylic acids is 1. The van der Waals surface area contributed by atoms with Gasteiger partial charge in [-0.3, -0.25) is 4.79 Å². The van der Waals surface area contributed by atoms with Crippen LogP contribution in [0.25, 0.3) is 0 Å². The molecule has 0 spiro atoms. The fourth-order valence-corrected chi connectivity index (χ4v) is 1.21. The molecule has 4 heteroatoms. The Morgan fingerprint density at radius 3 is 2.57 bits per heavy atom. The number of rotatable bonds is 7. The van der Waals surface area contributed by atoms with E-state index in [-0.39, 0.29) is 12.5 Å². The van der Waals surface area contributed by atoms with Gasteiger partial charge >= 0.3 is 0 Å². The molecule has 0 rings (SSSR count). The van der Waals surface area contributed by atoms with Gasteiger partial charge in [0.15, 0.2) is 0 Å². The summed E-state index contributed by atoms with van der Waals surface area (Å²) in [4.78, 5) is 11.4. The Balaban J connectivity index is 3.80. The summed E-state index contributed by atoms with van der Waals surface area (Å²) in [5, 5.41) is 11.9. The van der Waals surface area contributed by atoms with Crippen molar-refractivity contribution in [2.24, 2.45) is 0 Å². The van der Waals surface area contributed by atoms with Crippen LogP contribution in [0.1, 0.15) is 39.5 Å². The lowest BCUT2D eigenvalue weighted by molar-refractivity contribution is -0.123. The van der Waals surface area contributed by atoms with Gasteiger partial charge in [0.2, 0.25) is 5.91 Å². The number of aliphatic hydroxyl groups is 1. The molecule has 0 aliphatic rings. The monoisotopic (exact) mass is 221 g/mol. The number of unbranched alkanes of at least 4 members (excludes halogenated alkanes) is 1. The van der Waals surface area contributed by atoms with Crippen LogP contribution >= 0.6 is 11.6 Å². The maximum Gasteiger partial charge on any atom is 0.220 e. The number of aliphatic hydroxyl groups excluding tert-OH is 1. The van der Waals surface area contributed by atoms with E-state index in [1.807, 2.05) is 13.8 Å². The molecule has 0 fully saturated rings. The Bertz CT molecular complexity index is 170. The van der Waals surface area contributed by atoms with Crippen LogP contribution < -0.4 is 5.32 Å². The first-order valence-electron chi connectivity index (χ1n) is 5.06. The summed E-state index contributed by atoms with van der Waals surface area (Å²) in [7, 11) is 0. The van der Waals surface area contributed by atoms with E-state index in [2.05, 4.69) is 5.32 Å². The van der Waals surface area contributed by atoms with Crippen molar-refractivity contribution in [2.45, 2.75) is 45.1 Å². The smallest absolute Gasteiger partial charge is 0.220 e. The molecule has 84 valence electrons. The van der Waals surface area contributed by atoms with Crippen LogP contribution in [-0.4, -0.2) is 29.0 Å². The van der Waals surface area contributed by atoms with Gasteiger partial charge in [-0.2, -0.15) is 0 Å². The molecule has 0 aromatic rings. The normalized spacial score (nSPS) is 14.9. The highest BCUT2D eigenvalue weighted by Crippen LogP contribution is 2.08. The molecule has 1 unspecified atom stereocenters. The molecule has 0 bridgehead atoms. The van der Waals surface area contributed by atoms with Gasteiger partial charge < -0.3 is 10.4 Å². The zero-order chi connectivity index (χ0) is 11.0. The quantitative estimate of drug-likeness (QED) is 0.508. The van der Waals surface area contributed by atoms with Gasteiger partial charge in [0.05, 0.1) is 12.1 Å². The van der Waals surface area contributed by atoms with Crippen molar-refractivity contribution in [1.29, 1.82) is 0 Å². The Morgan fingerprint density at radius 1 is 1.50 bits per heavy atom. The molecule has 2 N–H and O–H groups in total. The van der Waals surface area contributed by atoms with E-state index in [0.29, 0.717) is 12.3 Å². The third-order valence-electron chi connectivity index (χ3n) is 2.36. The van der Waals surface area contributed by atoms with Gasteiger partial charge in [0.1, 0.15) is 0 Å². The second-order valence-corrected chi connectivity index (χ2v) is 4.14. The number of nitrogens with one attached hydrogen (secondary N) is 1. The highest BCUT2D eigenvalue weighted by atomic mass is 35.5. The van der Waals surface area contributed by atoms with Crippen molar-refractivity contribution in [3.63, 3.8) is 0 Å². The summed E-state index contributed by atoms with van der Waals surface area (Å²) in [5.41, 5.74) is -0.474. The molecule has 1 atom stereocenters. The molecule has 0 aromatic heterocycles. The van der Waals surface area contributed by atoms with Crippen molar-refractivity contribution >= 4 is 17.5 Å². The summed E-state index contributed by atoms with van der Waals surface area (Å²) < 4.78 is 0. The number of halogens is 1. The first-order valence-corrected chi connectivity index (χ1v) is 5.59. The summed E-state index contributed by atoms with van der Waals surface area (Å²) in [6.07, 6.45) is 2.88. The number of hydrogen-bond acceptors (Lipinski definition) is 2. The zero-order valence-corrected chi connectivity index (χ0v) is 9.73. The molecule has 0 saturated carbocycles. The van der Waals surface area contributed by atoms with Crippen LogP contribution in [0.4, 0.5) is 0 Å². The minimum Gasteiger partial charge on any atom is -0.394 e. The van der Waals surface area contributed by atoms with Crippen molar-refractivity contribution < 1.29 is 9.90 Å². The molecule has 0 aromatic carbocycles. The summed E-state index contributed by atoms with van der Waals surface area (Å²) in [6.45, 7) is 3.76. The van der Waals surface area contributed by atoms with Gasteiger partial charge in [0, 0.05) is 12.3 Å². The van der Waals surface area contributed by atoms with E-state index in [1.165, 1.54) is 0 Å². The van der Waals surface area contributed by atoms with Crippen LogP contribution in [-0.2, 0) is 4.79 Å². The highest BCUT2D eigenvalue weighted by Gasteiger charge is 2.22. The molecular formula is C10H20ClNO2. The highest BCUT2D eigenvalue weighted by molar-refractivity contribution is 6.17. The van der Waals surface area contributed by atoms with E-state index < -0.39 is 5.54 Å². The molecule has 14 heavy (non-hydrogen) atoms. The molecule has 0 heterocycles. The zero-order valence-electron chi connectivity index (χ0n) is 8.98. The van der Waals surface area contributed by atoms with Crippen molar-refractivity contribution in [3.8, 4) is 0 Å². The third kappa shape index (κ3) is 5.45. The van der Waals surface area contributed by atoms with Crippen LogP contribution in [0.3, 0.4) is 0 Å². The van der Waals surface area contributed by atoms with E-state index in [9.17, 15) is 4.79 Å². The van der Waals surface area contributed by atoms with Crippen molar-refractivity contribution in [2.75, 3.05) is 12.5 Å². The fourth-order valence-electron chi connectivity index (χ4n) is 1.02. The van der Waals surface area contributed by atoms with Gasteiger partial charge in [-0.15, -0.1) is 11.6 Å². The average molecular weight is 222 g/mol. The molecule has 3 nitrogen and oxygen atoms in total. The number of alkyl halides is 1. The summed E-state index contributed by atoms with van der Waals surface area (Å²) in [6, 6.07) is 0. The second kappa shape index (κ2) is 7.07. The lowest BCUT2D eigenvalue weighted by Gasteiger charge is -2.27. The van der Waals surface area contributed by atoms with Crippen LogP contribution in [0.15, 0.2) is 0 Å². The van der Waals surface area contributed by atoms with E-state index in [0.717, 1.165) is 19.3 Å². The van der Waals surface area contributed by atoms with E-state index in [1.54, 1.807) is 0 Å². The Hall–Kier alpha value is -0.280. The summed E-state index contributed by atoms with van der Waals surface area (Å²) in [5.74, 6) is 0.590. The van der Waals surface area contributed by atoms with E-state index in [4.69, 9.17) is 16.7 Å². The largest absolute Gasteiger partial charge is 0.394 e. The minimum absolute atomic E-state index is 0.00600. The van der Waals surface area contributed by atoms with Crippen LogP contribution in [0, 0.1) is 0 Å². The average Bonchev–Trinajstić information content (AvgIpc) is 2.18. The topological polar surface area (TPSA) is 49.3 Å². The molecular weight excluding hydrogens is 202 g/mol. The molecule has 0 saturated heterocycles. The van der Waals surface area contributed by atoms with Gasteiger partial charge in [-0.05, 0) is 26.2 Å². The number of amides is 1. The SMILES string of the molecule is CCC(C)(CO)NC(=O)CCCCCl. The number of carbonyl (C=O) groups is 1. The molecule has 1 amide bonds. The maximum atomic E-state index is 11.4. The standard InChI is InChI=1S/C10H20ClNO2/c1-3-10(2,8-13)12-9(14)6-4-5-7-11/h13H,3-8H2,1-2H3,(H,12,14). The maximum absolute atomic E-state index is 11.4. The molecule has 0 aliphatic carbocycles. The Kier molecular flexibility index (Phi) is 6.93. The fraction of sp³-hybridized carbons (Fsp3) is 0.900. The van der Waals surface area contributed by atoms with Gasteiger partial charge in [-0.1, -0.05) is 6.92 Å². The molecule has 0 aliphatic heterocycles. The Labute approximate surface area is 90.8 Å². The predicted octanol–water partition coefficient (Wildman–Crippen LogP) is 1.67. The number of hydrogen-bond donors (Lipinski definition) is 2. The predicted molar refractivity (Wildman–Crippen MR) is 58.5 cm³/mol.